The number of para-hydroxylation sites is 1. The van der Waals surface area contributed by atoms with Gasteiger partial charge in [0.05, 0.1) is 17.7 Å². The van der Waals surface area contributed by atoms with E-state index in [0.29, 0.717) is 0 Å². The van der Waals surface area contributed by atoms with E-state index in [9.17, 15) is 0 Å². The zero-order chi connectivity index (χ0) is 16.8. The minimum absolute atomic E-state index is 0.951. The summed E-state index contributed by atoms with van der Waals surface area (Å²) in [6.07, 6.45) is 3.98. The largest absolute Gasteiger partial charge is 0.366 e. The van der Waals surface area contributed by atoms with Crippen LogP contribution in [0.1, 0.15) is 18.1 Å². The summed E-state index contributed by atoms with van der Waals surface area (Å²) in [5, 5.41) is 3.55. The first-order valence-electron chi connectivity index (χ1n) is 7.80. The first kappa shape index (κ1) is 17.4. The Labute approximate surface area is 143 Å². The van der Waals surface area contributed by atoms with Crippen LogP contribution in [0.3, 0.4) is 0 Å². The summed E-state index contributed by atoms with van der Waals surface area (Å²) in [5.74, 6) is 0. The van der Waals surface area contributed by atoms with Gasteiger partial charge in [-0.2, -0.15) is 0 Å². The third kappa shape index (κ3) is 4.52. The number of nitrogens with zero attached hydrogens (tertiary/aromatic N) is 2. The van der Waals surface area contributed by atoms with Gasteiger partial charge >= 0.3 is 0 Å². The molecule has 3 nitrogen and oxygen atoms in total. The molecule has 2 rings (SSSR count). The number of nitrogens with one attached hydrogen (secondary N) is 1. The molecule has 122 valence electrons. The van der Waals surface area contributed by atoms with E-state index in [2.05, 4.69) is 78.6 Å². The third-order valence-corrected chi connectivity index (χ3v) is 4.61. The summed E-state index contributed by atoms with van der Waals surface area (Å²) in [4.78, 5) is 7.90. The van der Waals surface area contributed by atoms with Gasteiger partial charge in [-0.1, -0.05) is 12.1 Å². The minimum Gasteiger partial charge on any atom is -0.366 e. The lowest BCUT2D eigenvalue weighted by Gasteiger charge is -2.15. The molecule has 0 saturated carbocycles. The van der Waals surface area contributed by atoms with Crippen LogP contribution in [-0.2, 0) is 0 Å². The number of rotatable bonds is 6. The second-order valence-electron chi connectivity index (χ2n) is 5.60. The summed E-state index contributed by atoms with van der Waals surface area (Å²) in [6.45, 7) is 7.28. The Morgan fingerprint density at radius 2 is 1.87 bits per heavy atom. The van der Waals surface area contributed by atoms with Gasteiger partial charge in [-0.25, -0.2) is 4.99 Å². The van der Waals surface area contributed by atoms with Crippen LogP contribution in [0.15, 0.2) is 46.3 Å². The topological polar surface area (TPSA) is 27.6 Å². The van der Waals surface area contributed by atoms with Gasteiger partial charge in [0.25, 0.3) is 0 Å². The molecule has 0 fully saturated rings. The van der Waals surface area contributed by atoms with Gasteiger partial charge in [0.2, 0.25) is 0 Å². The zero-order valence-electron chi connectivity index (χ0n) is 14.6. The number of hydrogen-bond donors (Lipinski definition) is 1. The van der Waals surface area contributed by atoms with Crippen molar-refractivity contribution < 1.29 is 0 Å². The van der Waals surface area contributed by atoms with Crippen molar-refractivity contribution in [1.29, 1.82) is 0 Å². The van der Waals surface area contributed by atoms with Gasteiger partial charge in [-0.3, -0.25) is 0 Å². The standard InChI is InChI=1S/C19H25N3S/c1-6-22(4)13-20-17-11-15(3)18(12-14(17)2)21-16-9-7-8-10-19(16)23-5/h7-13,21H,6H2,1-5H3/b20-13-. The second-order valence-corrected chi connectivity index (χ2v) is 6.44. The van der Waals surface area contributed by atoms with Crippen LogP contribution in [0.25, 0.3) is 0 Å². The maximum Gasteiger partial charge on any atom is 0.0909 e. The fourth-order valence-electron chi connectivity index (χ4n) is 2.21. The lowest BCUT2D eigenvalue weighted by atomic mass is 10.1. The van der Waals surface area contributed by atoms with Gasteiger partial charge in [0.1, 0.15) is 0 Å². The van der Waals surface area contributed by atoms with Crippen LogP contribution in [0, 0.1) is 13.8 Å². The van der Waals surface area contributed by atoms with E-state index in [1.165, 1.54) is 16.0 Å². The van der Waals surface area contributed by atoms with Crippen molar-refractivity contribution >= 4 is 35.2 Å². The molecule has 0 aromatic heterocycles. The normalized spacial score (nSPS) is 11.0. The fraction of sp³-hybridized carbons (Fsp3) is 0.316. The molecule has 0 unspecified atom stereocenters. The lowest BCUT2D eigenvalue weighted by molar-refractivity contribution is 0.552. The number of thioether (sulfide) groups is 1. The summed E-state index contributed by atoms with van der Waals surface area (Å²) >= 11 is 1.75. The highest BCUT2D eigenvalue weighted by atomic mass is 32.2. The molecule has 0 radical (unpaired) electrons. The average molecular weight is 327 g/mol. The Balaban J connectivity index is 2.28. The Bertz CT molecular complexity index is 695. The predicted octanol–water partition coefficient (Wildman–Crippen LogP) is 5.38. The van der Waals surface area contributed by atoms with Crippen molar-refractivity contribution in [2.24, 2.45) is 4.99 Å². The van der Waals surface area contributed by atoms with Crippen molar-refractivity contribution in [2.45, 2.75) is 25.7 Å². The summed E-state index contributed by atoms with van der Waals surface area (Å²) in [5.41, 5.74) is 5.65. The zero-order valence-corrected chi connectivity index (χ0v) is 15.4. The third-order valence-electron chi connectivity index (χ3n) is 3.81. The van der Waals surface area contributed by atoms with Crippen molar-refractivity contribution in [3.05, 3.63) is 47.5 Å². The van der Waals surface area contributed by atoms with Crippen LogP contribution in [0.5, 0.6) is 0 Å². The average Bonchev–Trinajstić information content (AvgIpc) is 2.56. The Morgan fingerprint density at radius 1 is 1.13 bits per heavy atom. The Hall–Kier alpha value is -1.94. The monoisotopic (exact) mass is 327 g/mol. The molecular formula is C19H25N3S. The maximum atomic E-state index is 4.59. The van der Waals surface area contributed by atoms with E-state index in [-0.39, 0.29) is 0 Å². The van der Waals surface area contributed by atoms with Gasteiger partial charge in [-0.15, -0.1) is 11.8 Å². The lowest BCUT2D eigenvalue weighted by Crippen LogP contribution is -2.14. The van der Waals surface area contributed by atoms with E-state index in [1.807, 2.05) is 13.4 Å². The molecule has 0 bridgehead atoms. The van der Waals surface area contributed by atoms with Crippen molar-refractivity contribution in [2.75, 3.05) is 25.2 Å². The predicted molar refractivity (Wildman–Crippen MR) is 104 cm³/mol. The van der Waals surface area contributed by atoms with Gasteiger partial charge in [-0.05, 0) is 62.4 Å². The van der Waals surface area contributed by atoms with Gasteiger partial charge in [0, 0.05) is 24.2 Å². The molecule has 0 heterocycles. The molecule has 0 aliphatic carbocycles. The highest BCUT2D eigenvalue weighted by Gasteiger charge is 2.06. The smallest absolute Gasteiger partial charge is 0.0909 e. The first-order chi connectivity index (χ1) is 11.0. The number of aryl methyl sites for hydroxylation is 2. The van der Waals surface area contributed by atoms with E-state index >= 15 is 0 Å². The van der Waals surface area contributed by atoms with Crippen molar-refractivity contribution in [3.8, 4) is 0 Å². The van der Waals surface area contributed by atoms with E-state index in [4.69, 9.17) is 0 Å². The summed E-state index contributed by atoms with van der Waals surface area (Å²) < 4.78 is 0. The first-order valence-corrected chi connectivity index (χ1v) is 9.03. The molecule has 4 heteroatoms. The van der Waals surface area contributed by atoms with Crippen LogP contribution < -0.4 is 5.32 Å². The van der Waals surface area contributed by atoms with Gasteiger partial charge < -0.3 is 10.2 Å². The molecule has 0 aliphatic rings. The SMILES string of the molecule is CCN(C)/C=N\c1cc(C)c(Nc2ccccc2SC)cc1C. The number of hydrogen-bond acceptors (Lipinski definition) is 3. The van der Waals surface area contributed by atoms with E-state index in [1.54, 1.807) is 11.8 Å². The molecule has 23 heavy (non-hydrogen) atoms. The summed E-state index contributed by atoms with van der Waals surface area (Å²) in [7, 11) is 2.03. The number of anilines is 2. The number of benzene rings is 2. The van der Waals surface area contributed by atoms with E-state index in [0.717, 1.165) is 23.6 Å². The summed E-state index contributed by atoms with van der Waals surface area (Å²) in [6, 6.07) is 12.7. The molecular weight excluding hydrogens is 302 g/mol. The maximum absolute atomic E-state index is 4.59. The molecule has 0 saturated heterocycles. The van der Waals surface area contributed by atoms with Crippen LogP contribution in [0.4, 0.5) is 17.1 Å². The highest BCUT2D eigenvalue weighted by molar-refractivity contribution is 7.98. The van der Waals surface area contributed by atoms with Gasteiger partial charge in [0.15, 0.2) is 0 Å². The van der Waals surface area contributed by atoms with Crippen molar-refractivity contribution in [1.82, 2.24) is 4.90 Å². The van der Waals surface area contributed by atoms with Crippen LogP contribution in [0.2, 0.25) is 0 Å². The fourth-order valence-corrected chi connectivity index (χ4v) is 2.76. The molecule has 0 atom stereocenters. The molecule has 0 aliphatic heterocycles. The van der Waals surface area contributed by atoms with Crippen LogP contribution in [-0.4, -0.2) is 31.1 Å². The Morgan fingerprint density at radius 3 is 2.57 bits per heavy atom. The minimum atomic E-state index is 0.951. The molecule has 0 spiro atoms. The Kier molecular flexibility index (Phi) is 6.11. The molecule has 2 aromatic carbocycles. The van der Waals surface area contributed by atoms with Crippen LogP contribution >= 0.6 is 11.8 Å². The second kappa shape index (κ2) is 8.06. The number of aliphatic imine (C=N–C) groups is 1. The molecule has 2 aromatic rings. The van der Waals surface area contributed by atoms with Crippen molar-refractivity contribution in [3.63, 3.8) is 0 Å². The molecule has 0 amide bonds. The highest BCUT2D eigenvalue weighted by Crippen LogP contribution is 2.32. The van der Waals surface area contributed by atoms with E-state index < -0.39 is 0 Å². The quantitative estimate of drug-likeness (QED) is 0.438. The molecule has 1 N–H and O–H groups in total.